The zero-order valence-corrected chi connectivity index (χ0v) is 10.9. The van der Waals surface area contributed by atoms with Crippen LogP contribution in [0.4, 0.5) is 0 Å². The number of aliphatic hydroxyl groups is 1. The molecule has 1 unspecified atom stereocenters. The van der Waals surface area contributed by atoms with Crippen LogP contribution in [-0.4, -0.2) is 27.0 Å². The highest BCUT2D eigenvalue weighted by atomic mass is 16.3. The molecule has 1 fully saturated rings. The molecule has 1 aromatic heterocycles. The molecule has 19 heavy (non-hydrogen) atoms. The fourth-order valence-corrected chi connectivity index (χ4v) is 2.50. The second-order valence-corrected chi connectivity index (χ2v) is 5.46. The van der Waals surface area contributed by atoms with Gasteiger partial charge in [-0.1, -0.05) is 30.3 Å². The molecule has 1 aromatic carbocycles. The van der Waals surface area contributed by atoms with E-state index in [0.29, 0.717) is 12.5 Å². The van der Waals surface area contributed by atoms with Crippen LogP contribution in [0.5, 0.6) is 0 Å². The molecule has 2 aromatic rings. The summed E-state index contributed by atoms with van der Waals surface area (Å²) in [6.45, 7) is 0.583. The molecule has 3 rings (SSSR count). The Morgan fingerprint density at radius 2 is 2.00 bits per heavy atom. The van der Waals surface area contributed by atoms with E-state index in [9.17, 15) is 5.11 Å². The first-order valence-corrected chi connectivity index (χ1v) is 6.69. The van der Waals surface area contributed by atoms with Gasteiger partial charge >= 0.3 is 0 Å². The summed E-state index contributed by atoms with van der Waals surface area (Å²) >= 11 is 0. The smallest absolute Gasteiger partial charge is 0.0632 e. The number of nitrogens with zero attached hydrogens (tertiary/aromatic N) is 2. The molecule has 4 nitrogen and oxygen atoms in total. The van der Waals surface area contributed by atoms with Crippen molar-refractivity contribution >= 4 is 0 Å². The number of hydrogen-bond acceptors (Lipinski definition) is 3. The van der Waals surface area contributed by atoms with Crippen LogP contribution in [0.2, 0.25) is 0 Å². The number of hydrogen-bond donors (Lipinski definition) is 2. The minimum absolute atomic E-state index is 0.0121. The zero-order valence-electron chi connectivity index (χ0n) is 10.9. The lowest BCUT2D eigenvalue weighted by Crippen LogP contribution is -2.49. The number of aromatic nitrogens is 2. The van der Waals surface area contributed by atoms with E-state index in [2.05, 4.69) is 17.2 Å². The van der Waals surface area contributed by atoms with Gasteiger partial charge in [0.15, 0.2) is 0 Å². The molecular formula is C15H19N3O. The first-order chi connectivity index (χ1) is 9.21. The highest BCUT2D eigenvalue weighted by Crippen LogP contribution is 2.39. The Kier molecular flexibility index (Phi) is 3.12. The standard InChI is InChI=1S/C15H19N3O/c16-15(11-19,14-6-7-14)10-18-9-13(8-17-18)12-4-2-1-3-5-12/h1-5,8-9,14,19H,6-7,10-11,16H2. The highest BCUT2D eigenvalue weighted by molar-refractivity contribution is 5.61. The second-order valence-electron chi connectivity index (χ2n) is 5.46. The van der Waals surface area contributed by atoms with Crippen LogP contribution >= 0.6 is 0 Å². The van der Waals surface area contributed by atoms with Crippen LogP contribution in [0, 0.1) is 5.92 Å². The van der Waals surface area contributed by atoms with Crippen molar-refractivity contribution in [2.45, 2.75) is 24.9 Å². The van der Waals surface area contributed by atoms with Crippen LogP contribution in [0.3, 0.4) is 0 Å². The molecule has 0 saturated heterocycles. The van der Waals surface area contributed by atoms with Crippen molar-refractivity contribution in [2.24, 2.45) is 11.7 Å². The summed E-state index contributed by atoms with van der Waals surface area (Å²) in [6, 6.07) is 10.1. The van der Waals surface area contributed by atoms with Crippen molar-refractivity contribution in [1.82, 2.24) is 9.78 Å². The molecule has 0 amide bonds. The lowest BCUT2D eigenvalue weighted by molar-refractivity contribution is 0.155. The third-order valence-corrected chi connectivity index (χ3v) is 3.88. The summed E-state index contributed by atoms with van der Waals surface area (Å²) in [6.07, 6.45) is 6.07. The summed E-state index contributed by atoms with van der Waals surface area (Å²) in [4.78, 5) is 0. The van der Waals surface area contributed by atoms with Gasteiger partial charge < -0.3 is 10.8 Å². The Bertz CT molecular complexity index is 548. The number of nitrogens with two attached hydrogens (primary N) is 1. The predicted octanol–water partition coefficient (Wildman–Crippen LogP) is 1.65. The van der Waals surface area contributed by atoms with Gasteiger partial charge in [0, 0.05) is 11.8 Å². The Labute approximate surface area is 112 Å². The minimum atomic E-state index is -0.528. The number of benzene rings is 1. The molecular weight excluding hydrogens is 238 g/mol. The van der Waals surface area contributed by atoms with E-state index in [-0.39, 0.29) is 6.61 Å². The second kappa shape index (κ2) is 4.79. The van der Waals surface area contributed by atoms with E-state index >= 15 is 0 Å². The number of rotatable bonds is 5. The van der Waals surface area contributed by atoms with Crippen LogP contribution in [0.25, 0.3) is 11.1 Å². The predicted molar refractivity (Wildman–Crippen MR) is 74.4 cm³/mol. The molecule has 1 aliphatic rings. The zero-order chi connectivity index (χ0) is 13.3. The first-order valence-electron chi connectivity index (χ1n) is 6.69. The molecule has 4 heteroatoms. The largest absolute Gasteiger partial charge is 0.394 e. The van der Waals surface area contributed by atoms with Gasteiger partial charge in [0.2, 0.25) is 0 Å². The monoisotopic (exact) mass is 257 g/mol. The van der Waals surface area contributed by atoms with Crippen molar-refractivity contribution in [1.29, 1.82) is 0 Å². The van der Waals surface area contributed by atoms with E-state index in [1.54, 1.807) is 0 Å². The molecule has 3 N–H and O–H groups in total. The highest BCUT2D eigenvalue weighted by Gasteiger charge is 2.42. The Morgan fingerprint density at radius 3 is 2.63 bits per heavy atom. The lowest BCUT2D eigenvalue weighted by Gasteiger charge is -2.26. The maximum atomic E-state index is 9.51. The Hall–Kier alpha value is -1.65. The van der Waals surface area contributed by atoms with Gasteiger partial charge in [-0.05, 0) is 24.3 Å². The third kappa shape index (κ3) is 2.55. The average Bonchev–Trinajstić information content (AvgIpc) is 3.21. The van der Waals surface area contributed by atoms with Crippen molar-refractivity contribution < 1.29 is 5.11 Å². The molecule has 1 saturated carbocycles. The lowest BCUT2D eigenvalue weighted by atomic mass is 9.96. The summed E-state index contributed by atoms with van der Waals surface area (Å²) in [5.74, 6) is 0.432. The molecule has 1 heterocycles. The van der Waals surface area contributed by atoms with Crippen molar-refractivity contribution in [3.8, 4) is 11.1 Å². The third-order valence-electron chi connectivity index (χ3n) is 3.88. The maximum absolute atomic E-state index is 9.51. The van der Waals surface area contributed by atoms with Crippen molar-refractivity contribution in [3.05, 3.63) is 42.7 Å². The molecule has 0 bridgehead atoms. The molecule has 0 spiro atoms. The van der Waals surface area contributed by atoms with Gasteiger partial charge in [0.1, 0.15) is 0 Å². The van der Waals surface area contributed by atoms with E-state index in [4.69, 9.17) is 5.73 Å². The summed E-state index contributed by atoms with van der Waals surface area (Å²) < 4.78 is 1.84. The van der Waals surface area contributed by atoms with Gasteiger partial charge in [-0.25, -0.2) is 0 Å². The van der Waals surface area contributed by atoms with Crippen LogP contribution in [-0.2, 0) is 6.54 Å². The molecule has 1 aliphatic carbocycles. The van der Waals surface area contributed by atoms with Crippen LogP contribution in [0.15, 0.2) is 42.7 Å². The summed E-state index contributed by atoms with van der Waals surface area (Å²) in [5.41, 5.74) is 7.97. The normalized spacial score (nSPS) is 18.2. The fraction of sp³-hybridized carbons (Fsp3) is 0.400. The molecule has 100 valence electrons. The molecule has 0 aliphatic heterocycles. The summed E-state index contributed by atoms with van der Waals surface area (Å²) in [5, 5.41) is 13.9. The van der Waals surface area contributed by atoms with Gasteiger partial charge in [-0.3, -0.25) is 4.68 Å². The molecule has 1 atom stereocenters. The molecule has 0 radical (unpaired) electrons. The Morgan fingerprint density at radius 1 is 1.26 bits per heavy atom. The topological polar surface area (TPSA) is 64.1 Å². The van der Waals surface area contributed by atoms with Gasteiger partial charge in [-0.2, -0.15) is 5.10 Å². The van der Waals surface area contributed by atoms with Gasteiger partial charge in [0.05, 0.1) is 24.9 Å². The Balaban J connectivity index is 1.78. The average molecular weight is 257 g/mol. The maximum Gasteiger partial charge on any atom is 0.0632 e. The quantitative estimate of drug-likeness (QED) is 0.856. The van der Waals surface area contributed by atoms with E-state index in [1.807, 2.05) is 35.3 Å². The number of aliphatic hydroxyl groups excluding tert-OH is 1. The fourth-order valence-electron chi connectivity index (χ4n) is 2.50. The van der Waals surface area contributed by atoms with Crippen molar-refractivity contribution in [2.75, 3.05) is 6.61 Å². The first kappa shape index (κ1) is 12.4. The van der Waals surface area contributed by atoms with Gasteiger partial charge in [-0.15, -0.1) is 0 Å². The van der Waals surface area contributed by atoms with Gasteiger partial charge in [0.25, 0.3) is 0 Å². The minimum Gasteiger partial charge on any atom is -0.394 e. The van der Waals surface area contributed by atoms with E-state index in [0.717, 1.165) is 24.0 Å². The van der Waals surface area contributed by atoms with E-state index in [1.165, 1.54) is 0 Å². The van der Waals surface area contributed by atoms with Crippen LogP contribution in [0.1, 0.15) is 12.8 Å². The van der Waals surface area contributed by atoms with Crippen molar-refractivity contribution in [3.63, 3.8) is 0 Å². The summed E-state index contributed by atoms with van der Waals surface area (Å²) in [7, 11) is 0. The van der Waals surface area contributed by atoms with Crippen LogP contribution < -0.4 is 5.73 Å². The SMILES string of the molecule is NC(CO)(Cn1cc(-c2ccccc2)cn1)C1CC1. The van der Waals surface area contributed by atoms with E-state index < -0.39 is 5.54 Å².